The number of sulfone groups is 1. The second kappa shape index (κ2) is 5.12. The lowest BCUT2D eigenvalue weighted by molar-refractivity contribution is -0.129. The second-order valence-electron chi connectivity index (χ2n) is 4.76. The Bertz CT molecular complexity index is 785. The summed E-state index contributed by atoms with van der Waals surface area (Å²) in [4.78, 5) is 17.4. The molecule has 2 aromatic rings. The van der Waals surface area contributed by atoms with E-state index in [0.29, 0.717) is 13.1 Å². The molecule has 6 nitrogen and oxygen atoms in total. The number of phenolic OH excluding ortho intramolecular Hbond substituents is 1. The fourth-order valence-corrected chi connectivity index (χ4v) is 4.38. The number of benzene rings is 1. The minimum atomic E-state index is -3.68. The summed E-state index contributed by atoms with van der Waals surface area (Å²) >= 11 is 1.00. The van der Waals surface area contributed by atoms with Gasteiger partial charge in [0.25, 0.3) is 0 Å². The molecule has 2 heterocycles. The molecule has 1 aliphatic rings. The van der Waals surface area contributed by atoms with Crippen LogP contribution in [-0.4, -0.2) is 35.1 Å². The van der Waals surface area contributed by atoms with Crippen LogP contribution in [0.15, 0.2) is 34.1 Å². The highest BCUT2D eigenvalue weighted by Crippen LogP contribution is 2.26. The highest BCUT2D eigenvalue weighted by molar-refractivity contribution is 7.93. The quantitative estimate of drug-likeness (QED) is 0.915. The Kier molecular flexibility index (Phi) is 3.42. The first-order chi connectivity index (χ1) is 9.95. The van der Waals surface area contributed by atoms with Crippen LogP contribution in [0.5, 0.6) is 5.75 Å². The van der Waals surface area contributed by atoms with E-state index < -0.39 is 21.5 Å². The van der Waals surface area contributed by atoms with Crippen molar-refractivity contribution in [3.63, 3.8) is 0 Å². The number of hydrogen-bond donors (Lipinski definition) is 1. The smallest absolute Gasteiger partial charge is 0.238 e. The standard InChI is InChI=1S/C13H12N2O4S2/c16-11-2-1-9-6-15(7-10(9)5-11)12(17)8-21(18,19)13-14-3-4-20-13/h1-5,16H,6-8H2. The molecule has 0 saturated carbocycles. The van der Waals surface area contributed by atoms with E-state index in [2.05, 4.69) is 4.98 Å². The van der Waals surface area contributed by atoms with Crippen molar-refractivity contribution in [2.45, 2.75) is 17.4 Å². The largest absolute Gasteiger partial charge is 0.508 e. The first kappa shape index (κ1) is 14.0. The molecule has 1 N–H and O–H groups in total. The number of nitrogens with zero attached hydrogens (tertiary/aromatic N) is 2. The van der Waals surface area contributed by atoms with E-state index in [-0.39, 0.29) is 10.1 Å². The zero-order valence-electron chi connectivity index (χ0n) is 10.9. The Balaban J connectivity index is 1.74. The highest BCUT2D eigenvalue weighted by atomic mass is 32.2. The van der Waals surface area contributed by atoms with Crippen molar-refractivity contribution in [3.8, 4) is 5.75 Å². The van der Waals surface area contributed by atoms with Gasteiger partial charge >= 0.3 is 0 Å². The van der Waals surface area contributed by atoms with Gasteiger partial charge in [0, 0.05) is 24.7 Å². The maximum atomic E-state index is 12.2. The average molecular weight is 324 g/mol. The number of amides is 1. The van der Waals surface area contributed by atoms with Crippen molar-refractivity contribution < 1.29 is 18.3 Å². The molecular formula is C13H12N2O4S2. The van der Waals surface area contributed by atoms with Crippen LogP contribution in [0, 0.1) is 0 Å². The first-order valence-corrected chi connectivity index (χ1v) is 8.70. The van der Waals surface area contributed by atoms with Crippen LogP contribution in [0.2, 0.25) is 0 Å². The number of aromatic hydroxyl groups is 1. The van der Waals surface area contributed by atoms with E-state index in [4.69, 9.17) is 0 Å². The molecule has 1 aromatic heterocycles. The lowest BCUT2D eigenvalue weighted by Gasteiger charge is -2.14. The molecule has 0 aliphatic carbocycles. The summed E-state index contributed by atoms with van der Waals surface area (Å²) in [6.45, 7) is 0.678. The first-order valence-electron chi connectivity index (χ1n) is 6.16. The minimum absolute atomic E-state index is 0.0368. The van der Waals surface area contributed by atoms with Crippen molar-refractivity contribution in [2.75, 3.05) is 5.75 Å². The van der Waals surface area contributed by atoms with Crippen LogP contribution in [0.3, 0.4) is 0 Å². The molecule has 0 saturated heterocycles. The number of thiazole rings is 1. The maximum absolute atomic E-state index is 12.2. The normalized spacial score (nSPS) is 14.2. The highest BCUT2D eigenvalue weighted by Gasteiger charge is 2.29. The lowest BCUT2D eigenvalue weighted by atomic mass is 10.1. The van der Waals surface area contributed by atoms with Gasteiger partial charge in [-0.15, -0.1) is 11.3 Å². The number of phenols is 1. The number of fused-ring (bicyclic) bond motifs is 1. The summed E-state index contributed by atoms with van der Waals surface area (Å²) in [6.07, 6.45) is 1.40. The molecule has 0 spiro atoms. The van der Waals surface area contributed by atoms with Gasteiger partial charge in [-0.2, -0.15) is 0 Å². The molecule has 1 aromatic carbocycles. The summed E-state index contributed by atoms with van der Waals surface area (Å²) in [5, 5.41) is 11.0. The Hall–Kier alpha value is -1.93. The lowest BCUT2D eigenvalue weighted by Crippen LogP contribution is -2.31. The SMILES string of the molecule is O=C(CS(=O)(=O)c1nccs1)N1Cc2ccc(O)cc2C1. The molecule has 0 bridgehead atoms. The Morgan fingerprint density at radius 3 is 2.81 bits per heavy atom. The third-order valence-electron chi connectivity index (χ3n) is 3.25. The minimum Gasteiger partial charge on any atom is -0.508 e. The molecule has 1 amide bonds. The molecule has 1 aliphatic heterocycles. The van der Waals surface area contributed by atoms with Crippen LogP contribution in [-0.2, 0) is 27.7 Å². The molecule has 0 radical (unpaired) electrons. The van der Waals surface area contributed by atoms with Gasteiger partial charge in [0.2, 0.25) is 20.1 Å². The van der Waals surface area contributed by atoms with E-state index in [1.165, 1.54) is 11.1 Å². The predicted molar refractivity (Wildman–Crippen MR) is 76.5 cm³/mol. The van der Waals surface area contributed by atoms with Crippen molar-refractivity contribution >= 4 is 27.1 Å². The molecule has 8 heteroatoms. The van der Waals surface area contributed by atoms with Crippen molar-refractivity contribution in [2.24, 2.45) is 0 Å². The second-order valence-corrected chi connectivity index (χ2v) is 7.82. The molecule has 21 heavy (non-hydrogen) atoms. The Morgan fingerprint density at radius 2 is 2.10 bits per heavy atom. The van der Waals surface area contributed by atoms with Gasteiger partial charge in [0.15, 0.2) is 0 Å². The monoisotopic (exact) mass is 324 g/mol. The van der Waals surface area contributed by atoms with E-state index in [0.717, 1.165) is 22.5 Å². The zero-order chi connectivity index (χ0) is 15.0. The maximum Gasteiger partial charge on any atom is 0.238 e. The van der Waals surface area contributed by atoms with Gasteiger partial charge < -0.3 is 10.0 Å². The zero-order valence-corrected chi connectivity index (χ0v) is 12.5. The van der Waals surface area contributed by atoms with Gasteiger partial charge in [0.05, 0.1) is 0 Å². The van der Waals surface area contributed by atoms with Gasteiger partial charge in [-0.3, -0.25) is 4.79 Å². The summed E-state index contributed by atoms with van der Waals surface area (Å²) in [5.74, 6) is -0.903. The molecule has 0 fully saturated rings. The number of carbonyl (C=O) groups is 1. The van der Waals surface area contributed by atoms with Crippen molar-refractivity contribution in [1.82, 2.24) is 9.88 Å². The molecule has 0 atom stereocenters. The van der Waals surface area contributed by atoms with E-state index in [1.807, 2.05) is 0 Å². The fourth-order valence-electron chi connectivity index (χ4n) is 2.24. The molecular weight excluding hydrogens is 312 g/mol. The van der Waals surface area contributed by atoms with Gasteiger partial charge in [-0.05, 0) is 23.3 Å². The number of carbonyl (C=O) groups excluding carboxylic acids is 1. The topological polar surface area (TPSA) is 87.6 Å². The predicted octanol–water partition coefficient (Wildman–Crippen LogP) is 1.16. The molecule has 3 rings (SSSR count). The van der Waals surface area contributed by atoms with Gasteiger partial charge in [-0.25, -0.2) is 13.4 Å². The van der Waals surface area contributed by atoms with E-state index >= 15 is 0 Å². The van der Waals surface area contributed by atoms with Crippen molar-refractivity contribution in [1.29, 1.82) is 0 Å². The summed E-state index contributed by atoms with van der Waals surface area (Å²) in [6, 6.07) is 4.89. The third-order valence-corrected chi connectivity index (χ3v) is 6.13. The number of aromatic nitrogens is 1. The van der Waals surface area contributed by atoms with E-state index in [1.54, 1.807) is 23.6 Å². The van der Waals surface area contributed by atoms with Crippen LogP contribution >= 0.6 is 11.3 Å². The number of hydrogen-bond acceptors (Lipinski definition) is 6. The van der Waals surface area contributed by atoms with Crippen LogP contribution in [0.1, 0.15) is 11.1 Å². The summed E-state index contributed by atoms with van der Waals surface area (Å²) in [5.41, 5.74) is 1.77. The van der Waals surface area contributed by atoms with Crippen LogP contribution in [0.4, 0.5) is 0 Å². The van der Waals surface area contributed by atoms with Crippen LogP contribution in [0.25, 0.3) is 0 Å². The van der Waals surface area contributed by atoms with Gasteiger partial charge in [-0.1, -0.05) is 6.07 Å². The average Bonchev–Trinajstić information content (AvgIpc) is 3.07. The Labute approximate surface area is 125 Å². The molecule has 0 unspecified atom stereocenters. The van der Waals surface area contributed by atoms with E-state index in [9.17, 15) is 18.3 Å². The summed E-state index contributed by atoms with van der Waals surface area (Å²) < 4.78 is 24.1. The van der Waals surface area contributed by atoms with Crippen molar-refractivity contribution in [3.05, 3.63) is 40.9 Å². The van der Waals surface area contributed by atoms with Crippen LogP contribution < -0.4 is 0 Å². The van der Waals surface area contributed by atoms with Gasteiger partial charge in [0.1, 0.15) is 11.5 Å². The number of rotatable bonds is 3. The third kappa shape index (κ3) is 2.77. The summed E-state index contributed by atoms with van der Waals surface area (Å²) in [7, 11) is -3.68. The Morgan fingerprint density at radius 1 is 1.33 bits per heavy atom. The molecule has 110 valence electrons. The fraction of sp³-hybridized carbons (Fsp3) is 0.231.